The minimum Gasteiger partial charge on any atom is -0.481 e. The number of aliphatic hydroxyl groups is 1. The van der Waals surface area contributed by atoms with E-state index in [0.29, 0.717) is 12.8 Å². The van der Waals surface area contributed by atoms with Crippen LogP contribution in [-0.4, -0.2) is 34.1 Å². The second kappa shape index (κ2) is 8.66. The Hall–Kier alpha value is -1.72. The van der Waals surface area contributed by atoms with Crippen molar-refractivity contribution in [3.05, 3.63) is 35.9 Å². The topological polar surface area (TPSA) is 101 Å². The Kier molecular flexibility index (Phi) is 7.21. The summed E-state index contributed by atoms with van der Waals surface area (Å²) in [6.07, 6.45) is -0.747. The summed E-state index contributed by atoms with van der Waals surface area (Å²) in [5, 5.41) is 19.2. The first-order valence-corrected chi connectivity index (χ1v) is 7.54. The predicted octanol–water partition coefficient (Wildman–Crippen LogP) is 1.62. The number of aliphatic hydroxyl groups excluding tert-OH is 1. The van der Waals surface area contributed by atoms with Crippen LogP contribution in [0.25, 0.3) is 0 Å². The van der Waals surface area contributed by atoms with Crippen molar-refractivity contribution in [1.82, 2.24) is 0 Å². The summed E-state index contributed by atoms with van der Waals surface area (Å²) in [7, 11) is 0. The molecule has 0 saturated carbocycles. The highest BCUT2D eigenvalue weighted by Crippen LogP contribution is 2.18. The quantitative estimate of drug-likeness (QED) is 0.643. The van der Waals surface area contributed by atoms with E-state index in [0.717, 1.165) is 5.56 Å². The lowest BCUT2D eigenvalue weighted by Gasteiger charge is -2.20. The van der Waals surface area contributed by atoms with Gasteiger partial charge in [-0.1, -0.05) is 44.2 Å². The van der Waals surface area contributed by atoms with Gasteiger partial charge < -0.3 is 15.9 Å². The van der Waals surface area contributed by atoms with Crippen molar-refractivity contribution in [2.45, 2.75) is 45.3 Å². The van der Waals surface area contributed by atoms with Gasteiger partial charge in [0.15, 0.2) is 5.78 Å². The Morgan fingerprint density at radius 2 is 1.77 bits per heavy atom. The molecular formula is C17H25NO4. The number of nitrogens with two attached hydrogens (primary N) is 1. The molecule has 0 saturated heterocycles. The number of ketones is 1. The van der Waals surface area contributed by atoms with Crippen molar-refractivity contribution in [2.75, 3.05) is 0 Å². The highest BCUT2D eigenvalue weighted by Gasteiger charge is 2.29. The van der Waals surface area contributed by atoms with Crippen LogP contribution >= 0.6 is 0 Å². The van der Waals surface area contributed by atoms with Gasteiger partial charge in [-0.25, -0.2) is 0 Å². The molecule has 5 nitrogen and oxygen atoms in total. The van der Waals surface area contributed by atoms with Crippen LogP contribution in [0.2, 0.25) is 0 Å². The standard InChI is InChI=1S/C17H25NO4/c1-11(2)8-13(17(21)22)10-15(19)16(20)14(18)9-12-6-4-3-5-7-12/h3-7,11,13-14,16,20H,8-10,18H2,1-2H3,(H,21,22)/t13-,14-,16+/m1/s1. The number of carboxylic acids is 1. The second-order valence-electron chi connectivity index (χ2n) is 6.13. The number of aliphatic carboxylic acids is 1. The molecule has 0 fully saturated rings. The first-order valence-electron chi connectivity index (χ1n) is 7.54. The maximum Gasteiger partial charge on any atom is 0.306 e. The van der Waals surface area contributed by atoms with Crippen LogP contribution in [-0.2, 0) is 16.0 Å². The number of hydrogen-bond acceptors (Lipinski definition) is 4. The second-order valence-corrected chi connectivity index (χ2v) is 6.13. The molecule has 0 unspecified atom stereocenters. The number of Topliss-reactive ketones (excluding diaryl/α,β-unsaturated/α-hetero) is 1. The van der Waals surface area contributed by atoms with Crippen LogP contribution in [0.1, 0.15) is 32.3 Å². The number of carbonyl (C=O) groups excluding carboxylic acids is 1. The Bertz CT molecular complexity index is 487. The molecule has 0 heterocycles. The van der Waals surface area contributed by atoms with Crippen LogP contribution in [0.4, 0.5) is 0 Å². The summed E-state index contributed by atoms with van der Waals surface area (Å²) < 4.78 is 0. The summed E-state index contributed by atoms with van der Waals surface area (Å²) >= 11 is 0. The lowest BCUT2D eigenvalue weighted by molar-refractivity contribution is -0.145. The molecule has 0 aliphatic carbocycles. The van der Waals surface area contributed by atoms with Crippen LogP contribution in [0.5, 0.6) is 0 Å². The maximum absolute atomic E-state index is 12.1. The van der Waals surface area contributed by atoms with Crippen LogP contribution < -0.4 is 5.73 Å². The minimum absolute atomic E-state index is 0.170. The Labute approximate surface area is 131 Å². The highest BCUT2D eigenvalue weighted by molar-refractivity contribution is 5.87. The van der Waals surface area contributed by atoms with Crippen LogP contribution in [0.15, 0.2) is 30.3 Å². The van der Waals surface area contributed by atoms with Gasteiger partial charge in [0, 0.05) is 12.5 Å². The van der Waals surface area contributed by atoms with E-state index in [4.69, 9.17) is 10.8 Å². The number of hydrogen-bond donors (Lipinski definition) is 3. The van der Waals surface area contributed by atoms with E-state index in [9.17, 15) is 14.7 Å². The molecule has 4 N–H and O–H groups in total. The molecule has 122 valence electrons. The Morgan fingerprint density at radius 3 is 2.27 bits per heavy atom. The van der Waals surface area contributed by atoms with Crippen LogP contribution in [0.3, 0.4) is 0 Å². The largest absolute Gasteiger partial charge is 0.481 e. The van der Waals surface area contributed by atoms with Gasteiger partial charge in [0.1, 0.15) is 6.10 Å². The zero-order valence-electron chi connectivity index (χ0n) is 13.1. The normalized spacial score (nSPS) is 15.3. The minimum atomic E-state index is -1.34. The fraction of sp³-hybridized carbons (Fsp3) is 0.529. The third-order valence-corrected chi connectivity index (χ3v) is 3.60. The van der Waals surface area contributed by atoms with E-state index in [2.05, 4.69) is 0 Å². The van der Waals surface area contributed by atoms with Gasteiger partial charge >= 0.3 is 5.97 Å². The monoisotopic (exact) mass is 307 g/mol. The zero-order valence-corrected chi connectivity index (χ0v) is 13.1. The van der Waals surface area contributed by atoms with Gasteiger partial charge in [0.2, 0.25) is 0 Å². The summed E-state index contributed by atoms with van der Waals surface area (Å²) in [5.41, 5.74) is 6.81. The molecule has 3 atom stereocenters. The summed E-state index contributed by atoms with van der Waals surface area (Å²) in [5.74, 6) is -2.11. The lowest BCUT2D eigenvalue weighted by Crippen LogP contribution is -2.43. The lowest BCUT2D eigenvalue weighted by atomic mass is 9.89. The molecule has 0 amide bonds. The zero-order chi connectivity index (χ0) is 16.7. The first-order chi connectivity index (χ1) is 10.3. The number of carbonyl (C=O) groups is 2. The van der Waals surface area contributed by atoms with Crippen molar-refractivity contribution >= 4 is 11.8 Å². The predicted molar refractivity (Wildman–Crippen MR) is 84.3 cm³/mol. The molecule has 0 aliphatic rings. The van der Waals surface area contributed by atoms with Gasteiger partial charge in [-0.15, -0.1) is 0 Å². The van der Waals surface area contributed by atoms with Gasteiger partial charge in [0.25, 0.3) is 0 Å². The molecule has 0 radical (unpaired) electrons. The van der Waals surface area contributed by atoms with Crippen molar-refractivity contribution in [3.8, 4) is 0 Å². The molecule has 5 heteroatoms. The number of benzene rings is 1. The molecule has 1 aromatic carbocycles. The fourth-order valence-corrected chi connectivity index (χ4v) is 2.44. The number of rotatable bonds is 9. The van der Waals surface area contributed by atoms with Crippen molar-refractivity contribution < 1.29 is 19.8 Å². The molecular weight excluding hydrogens is 282 g/mol. The van der Waals surface area contributed by atoms with E-state index in [1.807, 2.05) is 44.2 Å². The van der Waals surface area contributed by atoms with E-state index in [1.54, 1.807) is 0 Å². The molecule has 0 aromatic heterocycles. The van der Waals surface area contributed by atoms with Gasteiger partial charge in [-0.2, -0.15) is 0 Å². The fourth-order valence-electron chi connectivity index (χ4n) is 2.44. The highest BCUT2D eigenvalue weighted by atomic mass is 16.4. The van der Waals surface area contributed by atoms with Gasteiger partial charge in [0.05, 0.1) is 5.92 Å². The smallest absolute Gasteiger partial charge is 0.306 e. The molecule has 22 heavy (non-hydrogen) atoms. The van der Waals surface area contributed by atoms with Crippen LogP contribution in [0, 0.1) is 11.8 Å². The average Bonchev–Trinajstić information content (AvgIpc) is 2.46. The van der Waals surface area contributed by atoms with Crippen molar-refractivity contribution in [3.63, 3.8) is 0 Å². The van der Waals surface area contributed by atoms with Crippen molar-refractivity contribution in [2.24, 2.45) is 17.6 Å². The van der Waals surface area contributed by atoms with E-state index < -0.39 is 29.8 Å². The first kappa shape index (κ1) is 18.3. The number of carboxylic acid groups (broad SMARTS) is 1. The van der Waals surface area contributed by atoms with E-state index in [-0.39, 0.29) is 12.3 Å². The van der Waals surface area contributed by atoms with Gasteiger partial charge in [-0.3, -0.25) is 9.59 Å². The molecule has 1 rings (SSSR count). The van der Waals surface area contributed by atoms with E-state index in [1.165, 1.54) is 0 Å². The molecule has 0 spiro atoms. The SMILES string of the molecule is CC(C)C[C@H](CC(=O)[C@@H](O)[C@H](N)Cc1ccccc1)C(=O)O. The maximum atomic E-state index is 12.1. The third-order valence-electron chi connectivity index (χ3n) is 3.60. The summed E-state index contributed by atoms with van der Waals surface area (Å²) in [6.45, 7) is 3.80. The Morgan fingerprint density at radius 1 is 1.18 bits per heavy atom. The summed E-state index contributed by atoms with van der Waals surface area (Å²) in [6, 6.07) is 8.60. The van der Waals surface area contributed by atoms with Gasteiger partial charge in [-0.05, 0) is 24.3 Å². The molecule has 0 bridgehead atoms. The Balaban J connectivity index is 2.61. The molecule has 0 aliphatic heterocycles. The molecule has 1 aromatic rings. The van der Waals surface area contributed by atoms with Crippen molar-refractivity contribution in [1.29, 1.82) is 0 Å². The summed E-state index contributed by atoms with van der Waals surface area (Å²) in [4.78, 5) is 23.3. The van der Waals surface area contributed by atoms with E-state index >= 15 is 0 Å². The third kappa shape index (κ3) is 5.95. The average molecular weight is 307 g/mol.